The van der Waals surface area contributed by atoms with E-state index < -0.39 is 18.6 Å². The standard InChI is InChI=1S/C17H13F3N6O/c1-11-6-7-22-16-23-14(24-26(11)16)15(27)25(10-17(18,19)20)9-13-4-2-12(8-21)3-5-13/h2-7H,9-10H2,1H3. The van der Waals surface area contributed by atoms with E-state index in [0.29, 0.717) is 21.7 Å². The van der Waals surface area contributed by atoms with Crippen LogP contribution >= 0.6 is 0 Å². The lowest BCUT2D eigenvalue weighted by Crippen LogP contribution is -2.39. The molecule has 0 aliphatic rings. The SMILES string of the molecule is Cc1ccnc2nc(C(=O)N(Cc3ccc(C#N)cc3)CC(F)(F)F)nn12. The Bertz CT molecular complexity index is 1020. The average Bonchev–Trinajstić information content (AvgIpc) is 3.06. The van der Waals surface area contributed by atoms with Crippen LogP contribution in [0.2, 0.25) is 0 Å². The molecule has 2 heterocycles. The van der Waals surface area contributed by atoms with Gasteiger partial charge >= 0.3 is 6.18 Å². The zero-order chi connectivity index (χ0) is 19.6. The van der Waals surface area contributed by atoms with Crippen LogP contribution in [0.3, 0.4) is 0 Å². The van der Waals surface area contributed by atoms with Crippen LogP contribution < -0.4 is 0 Å². The zero-order valence-electron chi connectivity index (χ0n) is 14.1. The molecule has 0 bridgehead atoms. The number of hydrogen-bond acceptors (Lipinski definition) is 5. The topological polar surface area (TPSA) is 87.2 Å². The quantitative estimate of drug-likeness (QED) is 0.700. The van der Waals surface area contributed by atoms with Gasteiger partial charge in [-0.05, 0) is 30.7 Å². The molecule has 27 heavy (non-hydrogen) atoms. The van der Waals surface area contributed by atoms with Gasteiger partial charge in [-0.2, -0.15) is 23.4 Å². The molecular weight excluding hydrogens is 361 g/mol. The number of amides is 1. The first kappa shape index (κ1) is 18.3. The third kappa shape index (κ3) is 4.20. The fraction of sp³-hybridized carbons (Fsp3) is 0.235. The Kier molecular flexibility index (Phi) is 4.77. The summed E-state index contributed by atoms with van der Waals surface area (Å²) in [5.74, 6) is -1.19. The molecular formula is C17H13F3N6O. The first-order valence-electron chi connectivity index (χ1n) is 7.80. The van der Waals surface area contributed by atoms with Crippen LogP contribution in [0, 0.1) is 18.3 Å². The summed E-state index contributed by atoms with van der Waals surface area (Å²) in [4.78, 5) is 21.1. The molecule has 3 rings (SSSR count). The number of rotatable bonds is 4. The van der Waals surface area contributed by atoms with E-state index >= 15 is 0 Å². The Morgan fingerprint density at radius 1 is 1.26 bits per heavy atom. The highest BCUT2D eigenvalue weighted by Crippen LogP contribution is 2.20. The highest BCUT2D eigenvalue weighted by molar-refractivity contribution is 5.90. The summed E-state index contributed by atoms with van der Waals surface area (Å²) in [5.41, 5.74) is 1.46. The van der Waals surface area contributed by atoms with Gasteiger partial charge in [0.05, 0.1) is 11.6 Å². The maximum absolute atomic E-state index is 13.0. The van der Waals surface area contributed by atoms with Gasteiger partial charge in [-0.3, -0.25) is 4.79 Å². The molecule has 0 saturated carbocycles. The van der Waals surface area contributed by atoms with Gasteiger partial charge in [-0.1, -0.05) is 12.1 Å². The van der Waals surface area contributed by atoms with E-state index in [4.69, 9.17) is 5.26 Å². The Hall–Kier alpha value is -3.48. The normalized spacial score (nSPS) is 11.4. The van der Waals surface area contributed by atoms with Crippen LogP contribution in [0.15, 0.2) is 36.5 Å². The predicted octanol–water partition coefficient (Wildman–Crippen LogP) is 2.51. The summed E-state index contributed by atoms with van der Waals surface area (Å²) in [6.45, 7) is -0.0400. The van der Waals surface area contributed by atoms with E-state index in [0.717, 1.165) is 0 Å². The minimum atomic E-state index is -4.59. The minimum Gasteiger partial charge on any atom is -0.322 e. The fourth-order valence-electron chi connectivity index (χ4n) is 2.46. The van der Waals surface area contributed by atoms with Crippen molar-refractivity contribution in [3.63, 3.8) is 0 Å². The van der Waals surface area contributed by atoms with Crippen molar-refractivity contribution in [3.8, 4) is 6.07 Å². The molecule has 7 nitrogen and oxygen atoms in total. The van der Waals surface area contributed by atoms with Crippen molar-refractivity contribution < 1.29 is 18.0 Å². The maximum atomic E-state index is 13.0. The lowest BCUT2D eigenvalue weighted by atomic mass is 10.1. The molecule has 138 valence electrons. The minimum absolute atomic E-state index is 0.128. The molecule has 0 radical (unpaired) electrons. The Morgan fingerprint density at radius 3 is 2.56 bits per heavy atom. The fourth-order valence-corrected chi connectivity index (χ4v) is 2.46. The molecule has 1 aromatic carbocycles. The molecule has 0 aliphatic carbocycles. The average molecular weight is 374 g/mol. The first-order chi connectivity index (χ1) is 12.8. The maximum Gasteiger partial charge on any atom is 0.406 e. The number of aryl methyl sites for hydroxylation is 1. The number of nitriles is 1. The molecule has 0 N–H and O–H groups in total. The Balaban J connectivity index is 1.91. The second kappa shape index (κ2) is 7.03. The van der Waals surface area contributed by atoms with Crippen molar-refractivity contribution in [1.82, 2.24) is 24.5 Å². The summed E-state index contributed by atoms with van der Waals surface area (Å²) < 4.78 is 40.2. The van der Waals surface area contributed by atoms with Gasteiger partial charge in [-0.25, -0.2) is 9.50 Å². The van der Waals surface area contributed by atoms with Crippen molar-refractivity contribution in [2.45, 2.75) is 19.6 Å². The largest absolute Gasteiger partial charge is 0.406 e. The lowest BCUT2D eigenvalue weighted by Gasteiger charge is -2.22. The second-order valence-corrected chi connectivity index (χ2v) is 5.82. The molecule has 2 aromatic heterocycles. The number of alkyl halides is 3. The zero-order valence-corrected chi connectivity index (χ0v) is 14.1. The van der Waals surface area contributed by atoms with Gasteiger partial charge in [0.15, 0.2) is 0 Å². The molecule has 1 amide bonds. The highest BCUT2D eigenvalue weighted by Gasteiger charge is 2.34. The summed E-state index contributed by atoms with van der Waals surface area (Å²) >= 11 is 0. The number of hydrogen-bond donors (Lipinski definition) is 0. The smallest absolute Gasteiger partial charge is 0.322 e. The number of carbonyl (C=O) groups excluding carboxylic acids is 1. The van der Waals surface area contributed by atoms with Gasteiger partial charge in [0.2, 0.25) is 5.82 Å². The van der Waals surface area contributed by atoms with Crippen LogP contribution in [-0.4, -0.2) is 43.1 Å². The molecule has 0 fully saturated rings. The number of benzene rings is 1. The lowest BCUT2D eigenvalue weighted by molar-refractivity contribution is -0.141. The van der Waals surface area contributed by atoms with Crippen LogP contribution in [0.5, 0.6) is 0 Å². The van der Waals surface area contributed by atoms with Gasteiger partial charge in [-0.15, -0.1) is 5.10 Å². The van der Waals surface area contributed by atoms with E-state index in [2.05, 4.69) is 15.1 Å². The van der Waals surface area contributed by atoms with Crippen LogP contribution in [0.4, 0.5) is 13.2 Å². The summed E-state index contributed by atoms with van der Waals surface area (Å²) in [6, 6.07) is 9.51. The summed E-state index contributed by atoms with van der Waals surface area (Å²) in [5, 5.41) is 12.8. The van der Waals surface area contributed by atoms with E-state index in [9.17, 15) is 18.0 Å². The Morgan fingerprint density at radius 2 is 1.96 bits per heavy atom. The molecule has 3 aromatic rings. The van der Waals surface area contributed by atoms with Crippen molar-refractivity contribution in [2.24, 2.45) is 0 Å². The molecule has 0 saturated heterocycles. The first-order valence-corrected chi connectivity index (χ1v) is 7.80. The van der Waals surface area contributed by atoms with Crippen LogP contribution in [0.1, 0.15) is 27.4 Å². The van der Waals surface area contributed by atoms with Crippen molar-refractivity contribution in [3.05, 3.63) is 59.2 Å². The van der Waals surface area contributed by atoms with Crippen LogP contribution in [0.25, 0.3) is 5.78 Å². The van der Waals surface area contributed by atoms with Crippen molar-refractivity contribution >= 4 is 11.7 Å². The number of halogens is 3. The third-order valence-electron chi connectivity index (χ3n) is 3.74. The number of carbonyl (C=O) groups is 1. The number of aromatic nitrogens is 4. The third-order valence-corrected chi connectivity index (χ3v) is 3.74. The second-order valence-electron chi connectivity index (χ2n) is 5.82. The molecule has 0 aliphatic heterocycles. The molecule has 0 unspecified atom stereocenters. The van der Waals surface area contributed by atoms with Crippen molar-refractivity contribution in [1.29, 1.82) is 5.26 Å². The molecule has 0 spiro atoms. The van der Waals surface area contributed by atoms with E-state index in [-0.39, 0.29) is 18.1 Å². The van der Waals surface area contributed by atoms with E-state index in [1.807, 2.05) is 6.07 Å². The van der Waals surface area contributed by atoms with Gasteiger partial charge in [0, 0.05) is 18.4 Å². The van der Waals surface area contributed by atoms with Gasteiger partial charge in [0.1, 0.15) is 6.54 Å². The monoisotopic (exact) mass is 374 g/mol. The van der Waals surface area contributed by atoms with E-state index in [1.165, 1.54) is 35.0 Å². The molecule has 10 heteroatoms. The summed E-state index contributed by atoms with van der Waals surface area (Å²) in [7, 11) is 0. The number of nitrogens with zero attached hydrogens (tertiary/aromatic N) is 6. The number of fused-ring (bicyclic) bond motifs is 1. The van der Waals surface area contributed by atoms with E-state index in [1.54, 1.807) is 13.0 Å². The summed E-state index contributed by atoms with van der Waals surface area (Å²) in [6.07, 6.45) is -3.12. The predicted molar refractivity (Wildman–Crippen MR) is 87.5 cm³/mol. The van der Waals surface area contributed by atoms with Gasteiger partial charge in [0.25, 0.3) is 11.7 Å². The van der Waals surface area contributed by atoms with Crippen LogP contribution in [-0.2, 0) is 6.54 Å². The molecule has 0 atom stereocenters. The van der Waals surface area contributed by atoms with Crippen molar-refractivity contribution in [2.75, 3.05) is 6.54 Å². The van der Waals surface area contributed by atoms with Gasteiger partial charge < -0.3 is 4.90 Å². The Labute approximate surface area is 151 Å². The highest BCUT2D eigenvalue weighted by atomic mass is 19.4.